The number of hydrogen-bond donors (Lipinski definition) is 0. The summed E-state index contributed by atoms with van der Waals surface area (Å²) < 4.78 is 38.3. The van der Waals surface area contributed by atoms with Gasteiger partial charge in [0.25, 0.3) is 0 Å². The van der Waals surface area contributed by atoms with Crippen LogP contribution in [0.4, 0.5) is 13.2 Å². The van der Waals surface area contributed by atoms with Gasteiger partial charge in [0.05, 0.1) is 11.3 Å². The van der Waals surface area contributed by atoms with Gasteiger partial charge in [0.2, 0.25) is 0 Å². The maximum atomic E-state index is 12.8. The first-order valence-corrected chi connectivity index (χ1v) is 5.97. The summed E-state index contributed by atoms with van der Waals surface area (Å²) in [6, 6.07) is 7.40. The van der Waals surface area contributed by atoms with E-state index >= 15 is 0 Å². The van der Waals surface area contributed by atoms with Gasteiger partial charge in [-0.05, 0) is 37.6 Å². The number of alkyl halides is 3. The van der Waals surface area contributed by atoms with Gasteiger partial charge in [0.1, 0.15) is 5.15 Å². The molecule has 0 spiro atoms. The van der Waals surface area contributed by atoms with Gasteiger partial charge in [-0.3, -0.25) is 0 Å². The molecule has 2 rings (SSSR count). The van der Waals surface area contributed by atoms with Crippen LogP contribution >= 0.6 is 11.6 Å². The lowest BCUT2D eigenvalue weighted by Crippen LogP contribution is -2.06. The summed E-state index contributed by atoms with van der Waals surface area (Å²) in [5.74, 6) is 0. The SMILES string of the molecule is Cc1ccc(C)c(-c2cc(C(F)(F)F)cc(Cl)n2)c1. The molecule has 0 amide bonds. The smallest absolute Gasteiger partial charge is 0.236 e. The minimum atomic E-state index is -4.43. The van der Waals surface area contributed by atoms with Crippen LogP contribution in [0.3, 0.4) is 0 Å². The third-order valence-corrected chi connectivity index (χ3v) is 2.98. The second kappa shape index (κ2) is 4.85. The molecule has 0 bridgehead atoms. The number of halogens is 4. The molecular weight excluding hydrogens is 275 g/mol. The Morgan fingerprint density at radius 3 is 2.37 bits per heavy atom. The van der Waals surface area contributed by atoms with Crippen molar-refractivity contribution >= 4 is 11.6 Å². The molecule has 5 heteroatoms. The van der Waals surface area contributed by atoms with Gasteiger partial charge in [0.15, 0.2) is 0 Å². The molecule has 0 aliphatic heterocycles. The highest BCUT2D eigenvalue weighted by atomic mass is 35.5. The third kappa shape index (κ3) is 3.07. The Kier molecular flexibility index (Phi) is 3.54. The van der Waals surface area contributed by atoms with Crippen molar-refractivity contribution in [1.82, 2.24) is 4.98 Å². The summed E-state index contributed by atoms with van der Waals surface area (Å²) in [5, 5.41) is -0.161. The summed E-state index contributed by atoms with van der Waals surface area (Å²) in [6.07, 6.45) is -4.43. The minimum Gasteiger partial charge on any atom is -0.236 e. The molecule has 1 nitrogen and oxygen atoms in total. The molecule has 100 valence electrons. The molecule has 0 saturated carbocycles. The van der Waals surface area contributed by atoms with E-state index in [0.717, 1.165) is 23.3 Å². The van der Waals surface area contributed by atoms with E-state index in [4.69, 9.17) is 11.6 Å². The van der Waals surface area contributed by atoms with Crippen LogP contribution < -0.4 is 0 Å². The lowest BCUT2D eigenvalue weighted by Gasteiger charge is -2.11. The van der Waals surface area contributed by atoms with Crippen molar-refractivity contribution in [2.75, 3.05) is 0 Å². The van der Waals surface area contributed by atoms with Crippen LogP contribution in [-0.4, -0.2) is 4.98 Å². The van der Waals surface area contributed by atoms with E-state index < -0.39 is 11.7 Å². The second-order valence-corrected chi connectivity index (χ2v) is 4.77. The van der Waals surface area contributed by atoms with Crippen LogP contribution in [0.5, 0.6) is 0 Å². The number of rotatable bonds is 1. The van der Waals surface area contributed by atoms with E-state index in [9.17, 15) is 13.2 Å². The quantitative estimate of drug-likeness (QED) is 0.669. The fourth-order valence-electron chi connectivity index (χ4n) is 1.81. The zero-order valence-electron chi connectivity index (χ0n) is 10.3. The fourth-order valence-corrected chi connectivity index (χ4v) is 2.02. The molecule has 1 aromatic heterocycles. The average molecular weight is 286 g/mol. The van der Waals surface area contributed by atoms with E-state index in [-0.39, 0.29) is 10.8 Å². The van der Waals surface area contributed by atoms with Gasteiger partial charge in [-0.15, -0.1) is 0 Å². The molecule has 0 aliphatic carbocycles. The van der Waals surface area contributed by atoms with Crippen LogP contribution in [-0.2, 0) is 6.18 Å². The standard InChI is InChI=1S/C14H11ClF3N/c1-8-3-4-9(2)11(5-8)12-6-10(14(16,17)18)7-13(15)19-12/h3-7H,1-2H3. The van der Waals surface area contributed by atoms with Crippen molar-refractivity contribution in [3.63, 3.8) is 0 Å². The number of aromatic nitrogens is 1. The van der Waals surface area contributed by atoms with E-state index in [1.807, 2.05) is 26.0 Å². The summed E-state index contributed by atoms with van der Waals surface area (Å²) >= 11 is 5.69. The number of benzene rings is 1. The van der Waals surface area contributed by atoms with Crippen LogP contribution in [0.15, 0.2) is 30.3 Å². The molecule has 0 radical (unpaired) electrons. The van der Waals surface area contributed by atoms with Crippen LogP contribution in [0.25, 0.3) is 11.3 Å². The number of pyridine rings is 1. The molecule has 19 heavy (non-hydrogen) atoms. The Balaban J connectivity index is 2.63. The third-order valence-electron chi connectivity index (χ3n) is 2.79. The largest absolute Gasteiger partial charge is 0.416 e. The lowest BCUT2D eigenvalue weighted by molar-refractivity contribution is -0.137. The van der Waals surface area contributed by atoms with Crippen molar-refractivity contribution in [3.05, 3.63) is 52.2 Å². The number of aryl methyl sites for hydroxylation is 2. The Labute approximate surface area is 114 Å². The summed E-state index contributed by atoms with van der Waals surface area (Å²) in [4.78, 5) is 3.98. The topological polar surface area (TPSA) is 12.9 Å². The highest BCUT2D eigenvalue weighted by Gasteiger charge is 2.31. The van der Waals surface area contributed by atoms with Gasteiger partial charge >= 0.3 is 6.18 Å². The fraction of sp³-hybridized carbons (Fsp3) is 0.214. The zero-order valence-corrected chi connectivity index (χ0v) is 11.1. The molecule has 1 heterocycles. The highest BCUT2D eigenvalue weighted by Crippen LogP contribution is 2.34. The molecule has 0 saturated heterocycles. The lowest BCUT2D eigenvalue weighted by atomic mass is 10.0. The van der Waals surface area contributed by atoms with Crippen LogP contribution in [0.1, 0.15) is 16.7 Å². The summed E-state index contributed by atoms with van der Waals surface area (Å²) in [5.41, 5.74) is 1.92. The van der Waals surface area contributed by atoms with Crippen molar-refractivity contribution in [3.8, 4) is 11.3 Å². The van der Waals surface area contributed by atoms with Gasteiger partial charge in [0, 0.05) is 5.56 Å². The molecule has 0 unspecified atom stereocenters. The highest BCUT2D eigenvalue weighted by molar-refractivity contribution is 6.29. The number of hydrogen-bond acceptors (Lipinski definition) is 1. The summed E-state index contributed by atoms with van der Waals surface area (Å²) in [6.45, 7) is 3.70. The predicted molar refractivity (Wildman–Crippen MR) is 69.2 cm³/mol. The molecule has 0 aliphatic rings. The van der Waals surface area contributed by atoms with Gasteiger partial charge in [-0.25, -0.2) is 4.98 Å². The van der Waals surface area contributed by atoms with E-state index in [2.05, 4.69) is 4.98 Å². The van der Waals surface area contributed by atoms with Crippen molar-refractivity contribution in [1.29, 1.82) is 0 Å². The van der Waals surface area contributed by atoms with Crippen molar-refractivity contribution in [2.45, 2.75) is 20.0 Å². The molecule has 0 atom stereocenters. The Morgan fingerprint density at radius 2 is 1.74 bits per heavy atom. The molecule has 1 aromatic carbocycles. The van der Waals surface area contributed by atoms with E-state index in [0.29, 0.717) is 5.56 Å². The second-order valence-electron chi connectivity index (χ2n) is 4.38. The first-order chi connectivity index (χ1) is 8.77. The molecule has 0 N–H and O–H groups in total. The summed E-state index contributed by atoms with van der Waals surface area (Å²) in [7, 11) is 0. The monoisotopic (exact) mass is 285 g/mol. The first-order valence-electron chi connectivity index (χ1n) is 5.60. The maximum absolute atomic E-state index is 12.8. The van der Waals surface area contributed by atoms with E-state index in [1.54, 1.807) is 6.07 Å². The Morgan fingerprint density at radius 1 is 1.05 bits per heavy atom. The Hall–Kier alpha value is -1.55. The zero-order chi connectivity index (χ0) is 14.2. The molecular formula is C14H11ClF3N. The predicted octanol–water partition coefficient (Wildman–Crippen LogP) is 5.04. The van der Waals surface area contributed by atoms with E-state index in [1.165, 1.54) is 0 Å². The molecule has 2 aromatic rings. The van der Waals surface area contributed by atoms with Gasteiger partial charge in [-0.1, -0.05) is 29.3 Å². The van der Waals surface area contributed by atoms with Crippen molar-refractivity contribution < 1.29 is 13.2 Å². The average Bonchev–Trinajstić information content (AvgIpc) is 2.30. The van der Waals surface area contributed by atoms with Crippen molar-refractivity contribution in [2.24, 2.45) is 0 Å². The normalized spacial score (nSPS) is 11.7. The van der Waals surface area contributed by atoms with Gasteiger partial charge < -0.3 is 0 Å². The molecule has 0 fully saturated rings. The van der Waals surface area contributed by atoms with Crippen LogP contribution in [0, 0.1) is 13.8 Å². The Bertz CT molecular complexity index is 621. The minimum absolute atomic E-state index is 0.161. The first kappa shape index (κ1) is 13.9. The number of nitrogens with zero attached hydrogens (tertiary/aromatic N) is 1. The van der Waals surface area contributed by atoms with Crippen LogP contribution in [0.2, 0.25) is 5.15 Å². The maximum Gasteiger partial charge on any atom is 0.416 e. The van der Waals surface area contributed by atoms with Gasteiger partial charge in [-0.2, -0.15) is 13.2 Å².